The summed E-state index contributed by atoms with van der Waals surface area (Å²) in [6, 6.07) is 23.4. The van der Waals surface area contributed by atoms with E-state index in [1.807, 2.05) is 87.5 Å². The molecule has 0 N–H and O–H groups in total. The van der Waals surface area contributed by atoms with Crippen LogP contribution < -0.4 is 4.74 Å². The zero-order valence-electron chi connectivity index (χ0n) is 16.2. The Kier molecular flexibility index (Phi) is 6.20. The second-order valence-corrected chi connectivity index (χ2v) is 8.42. The predicted molar refractivity (Wildman–Crippen MR) is 116 cm³/mol. The topological polar surface area (TPSA) is 35.5 Å². The molecule has 0 saturated carbocycles. The van der Waals surface area contributed by atoms with E-state index in [4.69, 9.17) is 9.47 Å². The number of rotatable bonds is 5. The average molecular weight is 439 g/mol. The lowest BCUT2D eigenvalue weighted by molar-refractivity contribution is 0.00695. The van der Waals surface area contributed by atoms with Gasteiger partial charge in [-0.05, 0) is 56.2 Å². The monoisotopic (exact) mass is 438 g/mol. The number of carbonyl (C=O) groups excluding carboxylic acids is 1. The SMILES string of the molecule is CC(C)(C)OC(=O)c1cc(Br)cc(-c2ccccc2OCc2ccccc2)c1. The molecule has 3 aromatic carbocycles. The van der Waals surface area contributed by atoms with Gasteiger partial charge in [-0.2, -0.15) is 0 Å². The van der Waals surface area contributed by atoms with Gasteiger partial charge in [0.1, 0.15) is 18.0 Å². The van der Waals surface area contributed by atoms with Crippen molar-refractivity contribution in [3.63, 3.8) is 0 Å². The number of hydrogen-bond acceptors (Lipinski definition) is 3. The smallest absolute Gasteiger partial charge is 0.338 e. The first-order valence-electron chi connectivity index (χ1n) is 9.12. The van der Waals surface area contributed by atoms with Crippen LogP contribution in [-0.2, 0) is 11.3 Å². The molecule has 0 fully saturated rings. The van der Waals surface area contributed by atoms with Crippen molar-refractivity contribution in [2.45, 2.75) is 33.0 Å². The molecule has 0 unspecified atom stereocenters. The van der Waals surface area contributed by atoms with Crippen LogP contribution in [-0.4, -0.2) is 11.6 Å². The molecule has 0 amide bonds. The van der Waals surface area contributed by atoms with Gasteiger partial charge in [0.15, 0.2) is 0 Å². The van der Waals surface area contributed by atoms with Gasteiger partial charge in [0.05, 0.1) is 5.56 Å². The molecule has 0 saturated heterocycles. The molecule has 0 heterocycles. The third-order valence-corrected chi connectivity index (χ3v) is 4.43. The third-order valence-electron chi connectivity index (χ3n) is 3.97. The minimum absolute atomic E-state index is 0.349. The average Bonchev–Trinajstić information content (AvgIpc) is 2.65. The highest BCUT2D eigenvalue weighted by molar-refractivity contribution is 9.10. The van der Waals surface area contributed by atoms with E-state index in [-0.39, 0.29) is 5.97 Å². The number of carbonyl (C=O) groups is 1. The Morgan fingerprint density at radius 1 is 0.929 bits per heavy atom. The predicted octanol–water partition coefficient (Wildman–Crippen LogP) is 6.65. The Labute approximate surface area is 174 Å². The van der Waals surface area contributed by atoms with Crippen LogP contribution in [0.2, 0.25) is 0 Å². The molecule has 4 heteroatoms. The van der Waals surface area contributed by atoms with E-state index >= 15 is 0 Å². The maximum atomic E-state index is 12.5. The fourth-order valence-electron chi connectivity index (χ4n) is 2.77. The van der Waals surface area contributed by atoms with E-state index in [0.29, 0.717) is 12.2 Å². The van der Waals surface area contributed by atoms with Gasteiger partial charge in [-0.3, -0.25) is 0 Å². The fourth-order valence-corrected chi connectivity index (χ4v) is 3.26. The van der Waals surface area contributed by atoms with Crippen LogP contribution in [0.4, 0.5) is 0 Å². The standard InChI is InChI=1S/C24H23BrO3/c1-24(2,3)28-23(26)19-13-18(14-20(25)15-19)21-11-7-8-12-22(21)27-16-17-9-5-4-6-10-17/h4-15H,16H2,1-3H3. The lowest BCUT2D eigenvalue weighted by Crippen LogP contribution is -2.23. The molecule has 144 valence electrons. The molecule has 0 aliphatic rings. The molecule has 0 spiro atoms. The highest BCUT2D eigenvalue weighted by Gasteiger charge is 2.19. The van der Waals surface area contributed by atoms with Crippen molar-refractivity contribution in [1.82, 2.24) is 0 Å². The summed E-state index contributed by atoms with van der Waals surface area (Å²) in [4.78, 5) is 12.5. The van der Waals surface area contributed by atoms with Crippen LogP contribution >= 0.6 is 15.9 Å². The van der Waals surface area contributed by atoms with Gasteiger partial charge in [0.2, 0.25) is 0 Å². The van der Waals surface area contributed by atoms with Crippen molar-refractivity contribution < 1.29 is 14.3 Å². The quantitative estimate of drug-likeness (QED) is 0.418. The van der Waals surface area contributed by atoms with Gasteiger partial charge < -0.3 is 9.47 Å². The third kappa shape index (κ3) is 5.46. The van der Waals surface area contributed by atoms with Gasteiger partial charge in [0, 0.05) is 10.0 Å². The number of ether oxygens (including phenoxy) is 2. The van der Waals surface area contributed by atoms with Gasteiger partial charge in [-0.1, -0.05) is 64.5 Å². The van der Waals surface area contributed by atoms with Gasteiger partial charge in [-0.25, -0.2) is 4.79 Å². The van der Waals surface area contributed by atoms with Crippen molar-refractivity contribution in [3.8, 4) is 16.9 Å². The number of benzene rings is 3. The molecule has 0 bridgehead atoms. The molecule has 0 atom stereocenters. The maximum Gasteiger partial charge on any atom is 0.338 e. The van der Waals surface area contributed by atoms with E-state index < -0.39 is 5.60 Å². The van der Waals surface area contributed by atoms with Gasteiger partial charge in [-0.15, -0.1) is 0 Å². The van der Waals surface area contributed by atoms with E-state index in [1.54, 1.807) is 6.07 Å². The second kappa shape index (κ2) is 8.61. The Bertz CT molecular complexity index is 959. The maximum absolute atomic E-state index is 12.5. The summed E-state index contributed by atoms with van der Waals surface area (Å²) >= 11 is 3.51. The van der Waals surface area contributed by atoms with Crippen LogP contribution in [0, 0.1) is 0 Å². The van der Waals surface area contributed by atoms with E-state index in [9.17, 15) is 4.79 Å². The van der Waals surface area contributed by atoms with Crippen LogP contribution in [0.25, 0.3) is 11.1 Å². The molecule has 3 nitrogen and oxygen atoms in total. The number of hydrogen-bond donors (Lipinski definition) is 0. The summed E-state index contributed by atoms with van der Waals surface area (Å²) in [6.45, 7) is 6.05. The van der Waals surface area contributed by atoms with Crippen LogP contribution in [0.15, 0.2) is 77.3 Å². The van der Waals surface area contributed by atoms with E-state index in [0.717, 1.165) is 26.9 Å². The number of halogens is 1. The summed E-state index contributed by atoms with van der Waals surface area (Å²) in [6.07, 6.45) is 0. The Balaban J connectivity index is 1.90. The number of esters is 1. The van der Waals surface area contributed by atoms with Crippen molar-refractivity contribution in [2.75, 3.05) is 0 Å². The van der Waals surface area contributed by atoms with Crippen molar-refractivity contribution in [1.29, 1.82) is 0 Å². The first kappa shape index (κ1) is 20.2. The largest absolute Gasteiger partial charge is 0.488 e. The highest BCUT2D eigenvalue weighted by Crippen LogP contribution is 2.33. The lowest BCUT2D eigenvalue weighted by Gasteiger charge is -2.20. The molecular formula is C24H23BrO3. The van der Waals surface area contributed by atoms with Gasteiger partial charge >= 0.3 is 5.97 Å². The van der Waals surface area contributed by atoms with E-state index in [1.165, 1.54) is 0 Å². The summed E-state index contributed by atoms with van der Waals surface area (Å²) in [5, 5.41) is 0. The zero-order valence-corrected chi connectivity index (χ0v) is 17.8. The summed E-state index contributed by atoms with van der Waals surface area (Å²) in [7, 11) is 0. The molecular weight excluding hydrogens is 416 g/mol. The molecule has 0 aliphatic carbocycles. The second-order valence-electron chi connectivity index (χ2n) is 7.50. The molecule has 28 heavy (non-hydrogen) atoms. The molecule has 3 aromatic rings. The normalized spacial score (nSPS) is 11.1. The first-order chi connectivity index (χ1) is 13.3. The first-order valence-corrected chi connectivity index (χ1v) is 9.91. The molecule has 0 radical (unpaired) electrons. The molecule has 0 aromatic heterocycles. The fraction of sp³-hybridized carbons (Fsp3) is 0.208. The lowest BCUT2D eigenvalue weighted by atomic mass is 10.0. The van der Waals surface area contributed by atoms with Crippen molar-refractivity contribution in [3.05, 3.63) is 88.4 Å². The van der Waals surface area contributed by atoms with E-state index in [2.05, 4.69) is 15.9 Å². The highest BCUT2D eigenvalue weighted by atomic mass is 79.9. The summed E-state index contributed by atoms with van der Waals surface area (Å²) in [5.41, 5.74) is 2.86. The zero-order chi connectivity index (χ0) is 20.1. The van der Waals surface area contributed by atoms with Crippen LogP contribution in [0.1, 0.15) is 36.7 Å². The van der Waals surface area contributed by atoms with Gasteiger partial charge in [0.25, 0.3) is 0 Å². The Morgan fingerprint density at radius 2 is 1.61 bits per heavy atom. The summed E-state index contributed by atoms with van der Waals surface area (Å²) < 4.78 is 12.4. The van der Waals surface area contributed by atoms with Crippen molar-refractivity contribution in [2.24, 2.45) is 0 Å². The van der Waals surface area contributed by atoms with Crippen LogP contribution in [0.5, 0.6) is 5.75 Å². The van der Waals surface area contributed by atoms with Crippen molar-refractivity contribution >= 4 is 21.9 Å². The van der Waals surface area contributed by atoms with Crippen LogP contribution in [0.3, 0.4) is 0 Å². The molecule has 0 aliphatic heterocycles. The summed E-state index contributed by atoms with van der Waals surface area (Å²) in [5.74, 6) is 0.414. The minimum atomic E-state index is -0.545. The number of para-hydroxylation sites is 1. The Morgan fingerprint density at radius 3 is 2.32 bits per heavy atom. The minimum Gasteiger partial charge on any atom is -0.488 e. The Hall–Kier alpha value is -2.59. The molecule has 3 rings (SSSR count).